The minimum atomic E-state index is 0. The van der Waals surface area contributed by atoms with E-state index in [-0.39, 0.29) is 34.1 Å². The van der Waals surface area contributed by atoms with Crippen LogP contribution in [0.15, 0.2) is 0 Å². The Morgan fingerprint density at radius 1 is 0.941 bits per heavy atom. The zero-order chi connectivity index (χ0) is 14.1. The zero-order valence-electron chi connectivity index (χ0n) is 8.23. The van der Waals surface area contributed by atoms with Gasteiger partial charge in [0.25, 0.3) is 0 Å². The van der Waals surface area contributed by atoms with E-state index < -0.39 is 0 Å². The minimum Gasteiger partial charge on any atom is -0.545 e. The molecule has 95 valence electrons. The summed E-state index contributed by atoms with van der Waals surface area (Å²) < 4.78 is 15.0. The smallest absolute Gasteiger partial charge is 0.545 e. The first-order valence-corrected chi connectivity index (χ1v) is 4.94. The first-order chi connectivity index (χ1) is 7.41. The van der Waals surface area contributed by atoms with Crippen molar-refractivity contribution in [2.45, 2.75) is 0 Å². The van der Waals surface area contributed by atoms with Gasteiger partial charge in [-0.2, -0.15) is 0 Å². The summed E-state index contributed by atoms with van der Waals surface area (Å²) in [6, 6.07) is 0. The molecule has 0 saturated heterocycles. The molecule has 0 spiro atoms. The van der Waals surface area contributed by atoms with Crippen LogP contribution in [-0.2, 0) is 73.5 Å². The molecule has 1 radical (unpaired) electrons. The monoisotopic (exact) mass is 377 g/mol. The van der Waals surface area contributed by atoms with E-state index >= 15 is 0 Å². The Kier molecular flexibility index (Phi) is 1140. The number of thioether (sulfide) groups is 1. The Morgan fingerprint density at radius 2 is 1.06 bits per heavy atom. The Hall–Kier alpha value is 0.219. The molecule has 17 heavy (non-hydrogen) atoms. The van der Waals surface area contributed by atoms with Gasteiger partial charge in [-0.05, 0) is 25.3 Å². The number of nitrogens with zero attached hydrogens (tertiary/aromatic N) is 2. The van der Waals surface area contributed by atoms with Gasteiger partial charge in [0.1, 0.15) is 0 Å². The molecule has 0 heterocycles. The molecule has 0 N–H and O–H groups in total. The third-order valence-corrected chi connectivity index (χ3v) is 1.84. The van der Waals surface area contributed by atoms with Crippen molar-refractivity contribution >= 4 is 43.8 Å². The Morgan fingerprint density at radius 3 is 1.06 bits per heavy atom. The molecule has 0 aromatic carbocycles. The fourth-order valence-electron chi connectivity index (χ4n) is 0.0510. The fraction of sp³-hybridized carbons (Fsp3) is 0.286. The molecular weight excluding hydrogens is 368 g/mol. The average Bonchev–Trinajstić information content (AvgIpc) is 2.42. The first-order valence-electron chi connectivity index (χ1n) is 2.38. The van der Waals surface area contributed by atoms with Gasteiger partial charge < -0.3 is 28.5 Å². The van der Waals surface area contributed by atoms with Gasteiger partial charge in [-0.1, -0.05) is 11.8 Å². The van der Waals surface area contributed by atoms with Crippen LogP contribution in [0.25, 0.3) is 0 Å². The largest absolute Gasteiger partial charge is 3.00 e. The topological polar surface area (TPSA) is 104 Å². The van der Waals surface area contributed by atoms with E-state index in [9.17, 15) is 0 Å². The van der Waals surface area contributed by atoms with Crippen molar-refractivity contribution in [3.63, 3.8) is 0 Å². The predicted octanol–water partition coefficient (Wildman–Crippen LogP) is -0.504. The number of hydrogen-bond donors (Lipinski definition) is 0. The van der Waals surface area contributed by atoms with Crippen molar-refractivity contribution in [1.82, 2.24) is 0 Å². The number of carbonyl (C=O) groups excluding carboxylic acids is 1. The third kappa shape index (κ3) is 666. The Bertz CT molecular complexity index is 119. The molecule has 0 amide bonds. The molecule has 0 aromatic rings. The summed E-state index contributed by atoms with van der Waals surface area (Å²) in [7, 11) is 0. The maximum Gasteiger partial charge on any atom is 3.00 e. The van der Waals surface area contributed by atoms with Crippen molar-refractivity contribution in [2.24, 2.45) is 0 Å². The summed E-state index contributed by atoms with van der Waals surface area (Å²) in [6.45, 7) is 21.8. The molecule has 0 aromatic heterocycles. The summed E-state index contributed by atoms with van der Waals surface area (Å²) in [4.78, 5) is 7.75. The molecule has 0 rings (SSSR count). The van der Waals surface area contributed by atoms with Crippen LogP contribution >= 0.6 is 11.8 Å². The van der Waals surface area contributed by atoms with Gasteiger partial charge in [0.15, 0.2) is 10.2 Å². The van der Waals surface area contributed by atoms with E-state index in [0.29, 0.717) is 0 Å². The standard InChI is InChI=1S/C2H6S3.2CN.CHO.2CO.2Fe/c3-1-5-2-4;5*1-2;;/h3-4H,1-2H2;;;1H;;;;/q;3*-1;;;+2;+3/p+2. The van der Waals surface area contributed by atoms with E-state index in [1.807, 2.05) is 0 Å². The van der Waals surface area contributed by atoms with E-state index in [4.69, 9.17) is 37.8 Å². The van der Waals surface area contributed by atoms with Gasteiger partial charge in [0.05, 0.1) is 0 Å². The molecule has 0 saturated carbocycles. The van der Waals surface area contributed by atoms with Crippen molar-refractivity contribution < 1.29 is 48.2 Å². The normalized spacial score (nSPS) is 3.18. The molecular formula is C7H9Fe2N2O3S3+4. The predicted molar refractivity (Wildman–Crippen MR) is 62.2 cm³/mol. The fourth-order valence-corrected chi connectivity index (χ4v) is 1.38. The van der Waals surface area contributed by atoms with Crippen LogP contribution in [0.5, 0.6) is 0 Å². The summed E-state index contributed by atoms with van der Waals surface area (Å²) in [5.41, 5.74) is 0. The van der Waals surface area contributed by atoms with Crippen molar-refractivity contribution in [2.75, 3.05) is 10.2 Å². The van der Waals surface area contributed by atoms with Crippen LogP contribution in [-0.4, -0.2) is 17.0 Å². The third-order valence-electron chi connectivity index (χ3n) is 0.204. The minimum absolute atomic E-state index is 0. The van der Waals surface area contributed by atoms with Gasteiger partial charge in [0, 0.05) is 0 Å². The molecule has 0 aliphatic carbocycles. The molecule has 0 fully saturated rings. The quantitative estimate of drug-likeness (QED) is 0.280. The van der Waals surface area contributed by atoms with Crippen molar-refractivity contribution in [3.8, 4) is 0 Å². The molecule has 5 nitrogen and oxygen atoms in total. The van der Waals surface area contributed by atoms with Gasteiger partial charge in [-0.25, -0.2) is 0 Å². The number of rotatable bonds is 2. The van der Waals surface area contributed by atoms with E-state index in [0.717, 1.165) is 10.2 Å². The van der Waals surface area contributed by atoms with E-state index in [2.05, 4.69) is 45.3 Å². The van der Waals surface area contributed by atoms with Crippen molar-refractivity contribution in [1.29, 1.82) is 10.5 Å². The molecule has 0 atom stereocenters. The van der Waals surface area contributed by atoms with E-state index in [1.165, 1.54) is 0 Å². The van der Waals surface area contributed by atoms with Gasteiger partial charge in [-0.15, -0.1) is 0 Å². The van der Waals surface area contributed by atoms with Crippen LogP contribution in [0.3, 0.4) is 0 Å². The molecule has 0 unspecified atom stereocenters. The second-order valence-electron chi connectivity index (χ2n) is 0.493. The second kappa shape index (κ2) is 363. The van der Waals surface area contributed by atoms with E-state index in [1.54, 1.807) is 11.8 Å². The van der Waals surface area contributed by atoms with Crippen LogP contribution in [0.1, 0.15) is 0 Å². The SMILES string of the molecule is [C-]#N.[C-]#N.[C-]#[O+].[C-]#[O+].[CH-]=O.[Fe+2].[Fe+3].[SH2+]CSC[SH2+]. The summed E-state index contributed by atoms with van der Waals surface area (Å²) >= 11 is 8.35. The summed E-state index contributed by atoms with van der Waals surface area (Å²) in [5, 5.41) is 14.5. The van der Waals surface area contributed by atoms with Crippen LogP contribution in [0, 0.1) is 37.0 Å². The Labute approximate surface area is 138 Å². The molecule has 0 aliphatic heterocycles. The maximum absolute atomic E-state index is 7.75. The van der Waals surface area contributed by atoms with Gasteiger partial charge in [-0.3, -0.25) is 6.79 Å². The Balaban J connectivity index is -0.00000001000. The van der Waals surface area contributed by atoms with Crippen LogP contribution in [0.4, 0.5) is 0 Å². The van der Waals surface area contributed by atoms with Gasteiger partial charge in [0.2, 0.25) is 0 Å². The second-order valence-corrected chi connectivity index (χ2v) is 3.21. The first kappa shape index (κ1) is 53.3. The van der Waals surface area contributed by atoms with Gasteiger partial charge >= 0.3 is 56.7 Å². The molecule has 0 bridgehead atoms. The average molecular weight is 377 g/mol. The molecule has 10 heteroatoms. The zero-order valence-corrected chi connectivity index (χ0v) is 13.3. The van der Waals surface area contributed by atoms with Crippen LogP contribution < -0.4 is 0 Å². The maximum atomic E-state index is 7.75. The number of hydrogen-bond acceptors (Lipinski definition) is 4. The summed E-state index contributed by atoms with van der Waals surface area (Å²) in [5.74, 6) is 0. The van der Waals surface area contributed by atoms with Crippen molar-refractivity contribution in [3.05, 3.63) is 26.4 Å². The van der Waals surface area contributed by atoms with Crippen LogP contribution in [0.2, 0.25) is 0 Å². The molecule has 0 aliphatic rings. The summed E-state index contributed by atoms with van der Waals surface area (Å²) in [6.07, 6.45) is 0.